The number of allylic oxidation sites excluding steroid dienone is 2. The molecule has 5 rings (SSSR count). The number of carbonyl (C=O) groups is 2. The van der Waals surface area contributed by atoms with Gasteiger partial charge in [0.1, 0.15) is 6.10 Å². The Balaban J connectivity index is 1.59. The van der Waals surface area contributed by atoms with Crippen LogP contribution in [0.25, 0.3) is 0 Å². The average molecular weight is 471 g/mol. The third-order valence-electron chi connectivity index (χ3n) is 13.1. The Bertz CT molecular complexity index is 965. The van der Waals surface area contributed by atoms with Crippen LogP contribution < -0.4 is 0 Å². The fourth-order valence-electron chi connectivity index (χ4n) is 10.5. The van der Waals surface area contributed by atoms with Crippen LogP contribution in [0.2, 0.25) is 0 Å². The van der Waals surface area contributed by atoms with E-state index in [1.807, 2.05) is 6.92 Å². The molecule has 190 valence electrons. The van der Waals surface area contributed by atoms with Gasteiger partial charge in [0, 0.05) is 5.41 Å². The number of aliphatic carboxylic acids is 1. The van der Waals surface area contributed by atoms with Crippen molar-refractivity contribution in [2.75, 3.05) is 0 Å². The van der Waals surface area contributed by atoms with E-state index >= 15 is 0 Å². The van der Waals surface area contributed by atoms with E-state index in [1.54, 1.807) is 5.57 Å². The van der Waals surface area contributed by atoms with E-state index in [4.69, 9.17) is 0 Å². The van der Waals surface area contributed by atoms with Gasteiger partial charge in [0.25, 0.3) is 0 Å². The maximum absolute atomic E-state index is 13.0. The number of hydrogen-bond donors (Lipinski definition) is 2. The van der Waals surface area contributed by atoms with E-state index in [1.165, 1.54) is 0 Å². The number of rotatable bonds is 1. The second-order valence-corrected chi connectivity index (χ2v) is 14.9. The number of carboxylic acid groups (broad SMARTS) is 1. The number of carboxylic acids is 1. The molecular formula is C30H46O4. The zero-order valence-electron chi connectivity index (χ0n) is 22.5. The van der Waals surface area contributed by atoms with Crippen LogP contribution in [0.3, 0.4) is 0 Å². The van der Waals surface area contributed by atoms with E-state index in [0.29, 0.717) is 24.2 Å². The van der Waals surface area contributed by atoms with Crippen LogP contribution in [0, 0.1) is 50.2 Å². The molecule has 0 aromatic rings. The van der Waals surface area contributed by atoms with Gasteiger partial charge in [-0.1, -0.05) is 53.2 Å². The normalized spacial score (nSPS) is 54.1. The standard InChI is InChI=1S/C30H46O4/c1-25(2)21-10-11-30(7)22(28(21,5)17-20(31)23(25)32)9-8-18-19-16-27(4,24(33)34)13-12-26(19,3)14-15-29(18,30)6/h8,19-22,31H,9-17H2,1-7H3,(H,33,34)/t19-,20+,21-,22+,26+,27-,28-,29+,30+/m0/s1. The Labute approximate surface area is 206 Å². The summed E-state index contributed by atoms with van der Waals surface area (Å²) in [5, 5.41) is 20.9. The minimum atomic E-state index is -0.860. The molecule has 9 atom stereocenters. The summed E-state index contributed by atoms with van der Waals surface area (Å²) in [5.41, 5.74) is 0.677. The van der Waals surface area contributed by atoms with Gasteiger partial charge in [0.2, 0.25) is 0 Å². The quantitative estimate of drug-likeness (QED) is 0.434. The maximum Gasteiger partial charge on any atom is 0.309 e. The number of hydrogen-bond acceptors (Lipinski definition) is 3. The summed E-state index contributed by atoms with van der Waals surface area (Å²) >= 11 is 0. The Morgan fingerprint density at radius 1 is 0.912 bits per heavy atom. The molecule has 4 fully saturated rings. The number of aliphatic hydroxyl groups excluding tert-OH is 1. The van der Waals surface area contributed by atoms with Gasteiger partial charge in [-0.25, -0.2) is 0 Å². The molecule has 4 nitrogen and oxygen atoms in total. The third-order valence-corrected chi connectivity index (χ3v) is 13.1. The molecule has 0 saturated heterocycles. The van der Waals surface area contributed by atoms with Gasteiger partial charge in [-0.3, -0.25) is 9.59 Å². The van der Waals surface area contributed by atoms with Crippen LogP contribution in [0.5, 0.6) is 0 Å². The number of aliphatic hydroxyl groups is 1. The minimum Gasteiger partial charge on any atom is -0.481 e. The molecule has 4 saturated carbocycles. The van der Waals surface area contributed by atoms with Crippen molar-refractivity contribution < 1.29 is 19.8 Å². The first-order valence-electron chi connectivity index (χ1n) is 13.7. The zero-order chi connectivity index (χ0) is 25.1. The van der Waals surface area contributed by atoms with Crippen molar-refractivity contribution in [1.82, 2.24) is 0 Å². The highest BCUT2D eigenvalue weighted by atomic mass is 16.4. The molecule has 5 aliphatic carbocycles. The lowest BCUT2D eigenvalue weighted by molar-refractivity contribution is -0.198. The molecule has 0 amide bonds. The van der Waals surface area contributed by atoms with Gasteiger partial charge in [-0.15, -0.1) is 0 Å². The first-order chi connectivity index (χ1) is 15.6. The van der Waals surface area contributed by atoms with Crippen LogP contribution in [-0.4, -0.2) is 28.1 Å². The molecule has 0 radical (unpaired) electrons. The molecular weight excluding hydrogens is 424 g/mol. The molecule has 0 aromatic carbocycles. The molecule has 0 heterocycles. The van der Waals surface area contributed by atoms with E-state index in [0.717, 1.165) is 51.4 Å². The maximum atomic E-state index is 13.0. The molecule has 2 N–H and O–H groups in total. The summed E-state index contributed by atoms with van der Waals surface area (Å²) < 4.78 is 0. The fraction of sp³-hybridized carbons (Fsp3) is 0.867. The van der Waals surface area contributed by atoms with Crippen molar-refractivity contribution in [2.45, 2.75) is 112 Å². The molecule has 4 heteroatoms. The second kappa shape index (κ2) is 6.99. The van der Waals surface area contributed by atoms with E-state index in [2.05, 4.69) is 47.6 Å². The fourth-order valence-corrected chi connectivity index (χ4v) is 10.5. The summed E-state index contributed by atoms with van der Waals surface area (Å²) in [4.78, 5) is 25.2. The Hall–Kier alpha value is -1.16. The highest BCUT2D eigenvalue weighted by molar-refractivity contribution is 5.89. The molecule has 0 unspecified atom stereocenters. The SMILES string of the molecule is CC1(C)C(=O)[C@H](O)C[C@]2(C)[C@H]3CC=C4[C@@H]5C[C@@](C)(C(=O)O)CC[C@]5(C)CC[C@@]4(C)[C@]3(C)CC[C@@H]12. The highest BCUT2D eigenvalue weighted by Gasteiger charge is 2.69. The van der Waals surface area contributed by atoms with Gasteiger partial charge in [0.05, 0.1) is 5.41 Å². The van der Waals surface area contributed by atoms with Gasteiger partial charge in [-0.05, 0) is 104 Å². The lowest BCUT2D eigenvalue weighted by Gasteiger charge is -2.71. The van der Waals surface area contributed by atoms with Gasteiger partial charge < -0.3 is 10.2 Å². The number of Topliss-reactive ketones (excluding diaryl/α,β-unsaturated/α-hetero) is 1. The smallest absolute Gasteiger partial charge is 0.309 e. The number of carbonyl (C=O) groups excluding carboxylic acids is 1. The highest BCUT2D eigenvalue weighted by Crippen LogP contribution is 2.75. The van der Waals surface area contributed by atoms with Gasteiger partial charge in [-0.2, -0.15) is 0 Å². The van der Waals surface area contributed by atoms with Crippen molar-refractivity contribution in [3.63, 3.8) is 0 Å². The summed E-state index contributed by atoms with van der Waals surface area (Å²) in [6.07, 6.45) is 10.2. The second-order valence-electron chi connectivity index (χ2n) is 14.9. The summed E-state index contributed by atoms with van der Waals surface area (Å²) in [6, 6.07) is 0. The van der Waals surface area contributed by atoms with Crippen molar-refractivity contribution in [1.29, 1.82) is 0 Å². The zero-order valence-corrected chi connectivity index (χ0v) is 22.5. The van der Waals surface area contributed by atoms with Gasteiger partial charge in [0.15, 0.2) is 5.78 Å². The van der Waals surface area contributed by atoms with E-state index in [9.17, 15) is 19.8 Å². The lowest BCUT2D eigenvalue weighted by atomic mass is 9.33. The average Bonchev–Trinajstić information content (AvgIpc) is 2.74. The Kier molecular flexibility index (Phi) is 5.04. The minimum absolute atomic E-state index is 0.0282. The topological polar surface area (TPSA) is 74.6 Å². The first-order valence-corrected chi connectivity index (χ1v) is 13.7. The predicted molar refractivity (Wildman–Crippen MR) is 133 cm³/mol. The predicted octanol–water partition coefficient (Wildman–Crippen LogP) is 6.41. The molecule has 0 bridgehead atoms. The molecule has 34 heavy (non-hydrogen) atoms. The Morgan fingerprint density at radius 2 is 1.56 bits per heavy atom. The third kappa shape index (κ3) is 2.81. The van der Waals surface area contributed by atoms with E-state index < -0.39 is 22.9 Å². The lowest BCUT2D eigenvalue weighted by Crippen LogP contribution is -2.66. The molecule has 0 aromatic heterocycles. The van der Waals surface area contributed by atoms with Crippen LogP contribution in [0.1, 0.15) is 106 Å². The largest absolute Gasteiger partial charge is 0.481 e. The van der Waals surface area contributed by atoms with Crippen LogP contribution >= 0.6 is 0 Å². The van der Waals surface area contributed by atoms with Crippen molar-refractivity contribution in [3.05, 3.63) is 11.6 Å². The molecule has 0 aliphatic heterocycles. The van der Waals surface area contributed by atoms with Crippen LogP contribution in [0.15, 0.2) is 11.6 Å². The van der Waals surface area contributed by atoms with Gasteiger partial charge >= 0.3 is 5.97 Å². The van der Waals surface area contributed by atoms with Crippen LogP contribution in [-0.2, 0) is 9.59 Å². The van der Waals surface area contributed by atoms with E-state index in [-0.39, 0.29) is 27.4 Å². The monoisotopic (exact) mass is 470 g/mol. The van der Waals surface area contributed by atoms with Crippen LogP contribution in [0.4, 0.5) is 0 Å². The molecule has 0 spiro atoms. The van der Waals surface area contributed by atoms with Crippen molar-refractivity contribution in [2.24, 2.45) is 50.2 Å². The molecule has 5 aliphatic rings. The number of ketones is 1. The summed E-state index contributed by atoms with van der Waals surface area (Å²) in [5.74, 6) is 0.443. The summed E-state index contributed by atoms with van der Waals surface area (Å²) in [7, 11) is 0. The first kappa shape index (κ1) is 24.5. The van der Waals surface area contributed by atoms with Crippen molar-refractivity contribution in [3.8, 4) is 0 Å². The van der Waals surface area contributed by atoms with Crippen molar-refractivity contribution >= 4 is 11.8 Å². The number of fused-ring (bicyclic) bond motifs is 7. The Morgan fingerprint density at radius 3 is 2.21 bits per heavy atom. The summed E-state index contributed by atoms with van der Waals surface area (Å²) in [6.45, 7) is 15.9.